The molecule has 5 nitrogen and oxygen atoms in total. The molecule has 1 aromatic heterocycles. The van der Waals surface area contributed by atoms with E-state index < -0.39 is 0 Å². The van der Waals surface area contributed by atoms with Crippen LogP contribution in [0, 0.1) is 0 Å². The molecule has 3 rings (SSSR count). The van der Waals surface area contributed by atoms with Crippen LogP contribution in [0.15, 0.2) is 53.3 Å². The summed E-state index contributed by atoms with van der Waals surface area (Å²) in [6.07, 6.45) is 1.46. The van der Waals surface area contributed by atoms with Gasteiger partial charge in [-0.25, -0.2) is 15.8 Å². The summed E-state index contributed by atoms with van der Waals surface area (Å²) in [5.74, 6) is 6.59. The lowest BCUT2D eigenvalue weighted by Gasteiger charge is -2.10. The van der Waals surface area contributed by atoms with Crippen molar-refractivity contribution >= 4 is 44.0 Å². The van der Waals surface area contributed by atoms with Crippen LogP contribution in [-0.4, -0.2) is 9.97 Å². The van der Waals surface area contributed by atoms with Crippen LogP contribution in [0.2, 0.25) is 0 Å². The summed E-state index contributed by atoms with van der Waals surface area (Å²) in [6.45, 7) is 0. The Hall–Kier alpha value is -2.18. The predicted octanol–water partition coefficient (Wildman–Crippen LogP) is 3.42. The quantitative estimate of drug-likeness (QED) is 0.507. The molecular formula is C14H12BrN5. The van der Waals surface area contributed by atoms with Gasteiger partial charge in [-0.05, 0) is 17.5 Å². The predicted molar refractivity (Wildman–Crippen MR) is 84.8 cm³/mol. The van der Waals surface area contributed by atoms with Gasteiger partial charge in [0, 0.05) is 21.6 Å². The van der Waals surface area contributed by atoms with Gasteiger partial charge in [-0.1, -0.05) is 40.2 Å². The third-order valence-electron chi connectivity index (χ3n) is 2.95. The number of halogens is 1. The summed E-state index contributed by atoms with van der Waals surface area (Å²) in [5, 5.41) is 5.54. The number of nitrogens with zero attached hydrogens (tertiary/aromatic N) is 2. The molecule has 0 unspecified atom stereocenters. The zero-order chi connectivity index (χ0) is 13.9. The molecule has 0 aliphatic rings. The van der Waals surface area contributed by atoms with Crippen molar-refractivity contribution in [2.75, 3.05) is 10.7 Å². The van der Waals surface area contributed by atoms with Gasteiger partial charge in [0.05, 0.1) is 0 Å². The Labute approximate surface area is 124 Å². The summed E-state index contributed by atoms with van der Waals surface area (Å²) in [4.78, 5) is 8.16. The number of hydrogen-bond donors (Lipinski definition) is 3. The molecule has 4 N–H and O–H groups in total. The number of nitrogens with two attached hydrogens (primary N) is 1. The molecular weight excluding hydrogens is 318 g/mol. The lowest BCUT2D eigenvalue weighted by atomic mass is 10.1. The summed E-state index contributed by atoms with van der Waals surface area (Å²) in [6, 6.07) is 13.9. The lowest BCUT2D eigenvalue weighted by Crippen LogP contribution is -2.09. The Bertz CT molecular complexity index is 759. The van der Waals surface area contributed by atoms with E-state index in [2.05, 4.69) is 48.8 Å². The minimum atomic E-state index is 0.559. The van der Waals surface area contributed by atoms with Gasteiger partial charge in [0.2, 0.25) is 0 Å². The molecule has 2 aromatic carbocycles. The highest BCUT2D eigenvalue weighted by Gasteiger charge is 2.05. The summed E-state index contributed by atoms with van der Waals surface area (Å²) >= 11 is 3.56. The second-order valence-electron chi connectivity index (χ2n) is 4.20. The van der Waals surface area contributed by atoms with Crippen LogP contribution in [0.1, 0.15) is 0 Å². The van der Waals surface area contributed by atoms with Crippen LogP contribution in [0.3, 0.4) is 0 Å². The zero-order valence-corrected chi connectivity index (χ0v) is 12.1. The van der Waals surface area contributed by atoms with Gasteiger partial charge in [0.15, 0.2) is 0 Å². The van der Waals surface area contributed by atoms with Crippen molar-refractivity contribution in [3.8, 4) is 0 Å². The molecule has 6 heteroatoms. The van der Waals surface area contributed by atoms with E-state index in [-0.39, 0.29) is 0 Å². The third kappa shape index (κ3) is 2.43. The maximum absolute atomic E-state index is 5.35. The molecule has 0 fully saturated rings. The van der Waals surface area contributed by atoms with Gasteiger partial charge in [-0.2, -0.15) is 0 Å². The minimum absolute atomic E-state index is 0.559. The van der Waals surface area contributed by atoms with E-state index in [0.29, 0.717) is 11.6 Å². The Morgan fingerprint density at radius 1 is 0.950 bits per heavy atom. The number of nitrogen functional groups attached to an aromatic ring is 1. The first-order chi connectivity index (χ1) is 9.78. The highest BCUT2D eigenvalue weighted by atomic mass is 79.9. The number of benzene rings is 2. The number of anilines is 3. The fraction of sp³-hybridized carbons (Fsp3) is 0. The van der Waals surface area contributed by atoms with Crippen molar-refractivity contribution in [2.24, 2.45) is 5.84 Å². The van der Waals surface area contributed by atoms with Gasteiger partial charge in [-0.15, -0.1) is 0 Å². The van der Waals surface area contributed by atoms with Gasteiger partial charge < -0.3 is 10.7 Å². The summed E-state index contributed by atoms with van der Waals surface area (Å²) in [7, 11) is 0. The maximum atomic E-state index is 5.35. The first-order valence-electron chi connectivity index (χ1n) is 6.01. The standard InChI is InChI=1S/C14H12BrN5/c15-11-5-6-12(10-4-2-1-3-9(10)11)19-13-7-14(20-16)18-8-17-13/h1-8H,16H2,(H2,17,18,19,20). The van der Waals surface area contributed by atoms with Crippen molar-refractivity contribution in [1.29, 1.82) is 0 Å². The van der Waals surface area contributed by atoms with Gasteiger partial charge in [-0.3, -0.25) is 0 Å². The lowest BCUT2D eigenvalue weighted by molar-refractivity contribution is 1.14. The smallest absolute Gasteiger partial charge is 0.145 e. The molecule has 0 aliphatic heterocycles. The number of aromatic nitrogens is 2. The fourth-order valence-electron chi connectivity index (χ4n) is 2.01. The molecule has 20 heavy (non-hydrogen) atoms. The molecule has 0 radical (unpaired) electrons. The number of hydrogen-bond acceptors (Lipinski definition) is 5. The van der Waals surface area contributed by atoms with Crippen LogP contribution in [-0.2, 0) is 0 Å². The number of fused-ring (bicyclic) bond motifs is 1. The first kappa shape index (κ1) is 12.8. The van der Waals surface area contributed by atoms with Crippen LogP contribution >= 0.6 is 15.9 Å². The van der Waals surface area contributed by atoms with Crippen LogP contribution < -0.4 is 16.6 Å². The summed E-state index contributed by atoms with van der Waals surface area (Å²) in [5.41, 5.74) is 3.48. The molecule has 0 atom stereocenters. The average molecular weight is 330 g/mol. The molecule has 3 aromatic rings. The van der Waals surface area contributed by atoms with Gasteiger partial charge in [0.1, 0.15) is 18.0 Å². The Morgan fingerprint density at radius 2 is 1.70 bits per heavy atom. The van der Waals surface area contributed by atoms with E-state index in [0.717, 1.165) is 20.9 Å². The number of hydrazine groups is 1. The second kappa shape index (κ2) is 5.44. The van der Waals surface area contributed by atoms with Crippen molar-refractivity contribution in [2.45, 2.75) is 0 Å². The molecule has 0 bridgehead atoms. The monoisotopic (exact) mass is 329 g/mol. The molecule has 100 valence electrons. The Kier molecular flexibility index (Phi) is 3.49. The Balaban J connectivity index is 2.04. The largest absolute Gasteiger partial charge is 0.340 e. The molecule has 1 heterocycles. The van der Waals surface area contributed by atoms with E-state index in [9.17, 15) is 0 Å². The fourth-order valence-corrected chi connectivity index (χ4v) is 2.49. The van der Waals surface area contributed by atoms with Crippen LogP contribution in [0.4, 0.5) is 17.3 Å². The molecule has 0 amide bonds. The highest BCUT2D eigenvalue weighted by Crippen LogP contribution is 2.31. The van der Waals surface area contributed by atoms with Crippen LogP contribution in [0.25, 0.3) is 10.8 Å². The zero-order valence-electron chi connectivity index (χ0n) is 10.5. The molecule has 0 saturated carbocycles. The van der Waals surface area contributed by atoms with Crippen molar-refractivity contribution in [3.63, 3.8) is 0 Å². The van der Waals surface area contributed by atoms with E-state index in [1.807, 2.05) is 24.3 Å². The normalized spacial score (nSPS) is 10.5. The number of rotatable bonds is 3. The SMILES string of the molecule is NNc1cc(Nc2ccc(Br)c3ccccc23)ncn1. The topological polar surface area (TPSA) is 75.9 Å². The van der Waals surface area contributed by atoms with E-state index >= 15 is 0 Å². The van der Waals surface area contributed by atoms with E-state index in [1.165, 1.54) is 6.33 Å². The number of nitrogens with one attached hydrogen (secondary N) is 2. The van der Waals surface area contributed by atoms with Gasteiger partial charge in [0.25, 0.3) is 0 Å². The van der Waals surface area contributed by atoms with Crippen molar-refractivity contribution in [3.05, 3.63) is 53.3 Å². The third-order valence-corrected chi connectivity index (χ3v) is 3.64. The molecule has 0 aliphatic carbocycles. The average Bonchev–Trinajstić information content (AvgIpc) is 2.51. The molecule has 0 saturated heterocycles. The van der Waals surface area contributed by atoms with E-state index in [4.69, 9.17) is 5.84 Å². The maximum Gasteiger partial charge on any atom is 0.145 e. The van der Waals surface area contributed by atoms with Crippen molar-refractivity contribution in [1.82, 2.24) is 9.97 Å². The second-order valence-corrected chi connectivity index (χ2v) is 5.05. The van der Waals surface area contributed by atoms with Crippen LogP contribution in [0.5, 0.6) is 0 Å². The minimum Gasteiger partial charge on any atom is -0.340 e. The highest BCUT2D eigenvalue weighted by molar-refractivity contribution is 9.10. The van der Waals surface area contributed by atoms with E-state index in [1.54, 1.807) is 6.07 Å². The summed E-state index contributed by atoms with van der Waals surface area (Å²) < 4.78 is 1.06. The molecule has 0 spiro atoms. The Morgan fingerprint density at radius 3 is 2.50 bits per heavy atom. The first-order valence-corrected chi connectivity index (χ1v) is 6.80. The van der Waals surface area contributed by atoms with Crippen molar-refractivity contribution < 1.29 is 0 Å². The van der Waals surface area contributed by atoms with Gasteiger partial charge >= 0.3 is 0 Å².